The molecule has 2 aliphatic rings. The van der Waals surface area contributed by atoms with Gasteiger partial charge in [0.1, 0.15) is 36.8 Å². The Hall–Kier alpha value is -3.59. The van der Waals surface area contributed by atoms with E-state index in [0.29, 0.717) is 22.4 Å². The fourth-order valence-electron chi connectivity index (χ4n) is 6.17. The van der Waals surface area contributed by atoms with Gasteiger partial charge in [0.25, 0.3) is 0 Å². The molecule has 0 heterocycles. The number of methoxy groups -OCH3 is 2. The Morgan fingerprint density at radius 3 is 2.43 bits per heavy atom. The van der Waals surface area contributed by atoms with E-state index in [2.05, 4.69) is 5.32 Å². The molecule has 4 atom stereocenters. The zero-order valence-corrected chi connectivity index (χ0v) is 24.2. The first-order chi connectivity index (χ1) is 20.1. The van der Waals surface area contributed by atoms with Crippen molar-refractivity contribution in [3.8, 4) is 11.8 Å². The maximum atomic E-state index is 15.7. The second-order valence-electron chi connectivity index (χ2n) is 10.6. The fraction of sp³-hybridized carbons (Fsp3) is 0.387. The number of halogens is 3. The Morgan fingerprint density at radius 2 is 1.79 bits per heavy atom. The highest BCUT2D eigenvalue weighted by molar-refractivity contribution is 7.91. The van der Waals surface area contributed by atoms with Crippen LogP contribution in [-0.4, -0.2) is 41.9 Å². The molecule has 0 radical (unpaired) electrons. The highest BCUT2D eigenvalue weighted by Crippen LogP contribution is 2.51. The summed E-state index contributed by atoms with van der Waals surface area (Å²) in [5, 5.41) is 13.1. The molecule has 11 heteroatoms. The second-order valence-corrected chi connectivity index (χ2v) is 12.5. The number of hydrogen-bond acceptors (Lipinski definition) is 7. The number of anilines is 1. The molecule has 0 aliphatic heterocycles. The molecular weight excluding hydrogens is 569 g/mol. The third-order valence-electron chi connectivity index (χ3n) is 7.92. The zero-order valence-electron chi connectivity index (χ0n) is 23.4. The van der Waals surface area contributed by atoms with E-state index in [4.69, 9.17) is 14.2 Å². The average molecular weight is 601 g/mol. The van der Waals surface area contributed by atoms with E-state index in [9.17, 15) is 18.1 Å². The normalized spacial score (nSPS) is 21.4. The van der Waals surface area contributed by atoms with Crippen molar-refractivity contribution in [2.24, 2.45) is 0 Å². The van der Waals surface area contributed by atoms with Crippen molar-refractivity contribution >= 4 is 15.5 Å². The average Bonchev–Trinajstić information content (AvgIpc) is 3.29. The van der Waals surface area contributed by atoms with Crippen molar-refractivity contribution in [3.63, 3.8) is 0 Å². The summed E-state index contributed by atoms with van der Waals surface area (Å²) in [6.07, 6.45) is -3.04. The lowest BCUT2D eigenvalue weighted by molar-refractivity contribution is -0.0939. The number of ether oxygens (including phenoxy) is 3. The molecule has 3 aromatic carbocycles. The third-order valence-corrected chi connectivity index (χ3v) is 9.10. The molecule has 2 aliphatic carbocycles. The predicted octanol–water partition coefficient (Wildman–Crippen LogP) is 6.21. The second kappa shape index (κ2) is 12.0. The molecule has 42 heavy (non-hydrogen) atoms. The van der Waals surface area contributed by atoms with Crippen LogP contribution in [0.3, 0.4) is 0 Å². The van der Waals surface area contributed by atoms with E-state index in [1.807, 2.05) is 18.2 Å². The van der Waals surface area contributed by atoms with Crippen molar-refractivity contribution < 1.29 is 35.8 Å². The first-order valence-corrected chi connectivity index (χ1v) is 15.3. The molecule has 0 amide bonds. The standard InChI is InChI=1S/C31H31F3N2O5S/c1-39-16-41-30-26(34)12-23-22(21-8-9-25(33)24-11-19(32)10-18(14-35)28(21)24)13-27(31(29(23)30)42(3,37)38)36-15-17-4-6-20(40-2)7-5-17/h4-7,10-11,13,21,25-26,30,36H,8-9,12,15-16H2,1-3H3/t21-,25+,26-,30-/m1/s1. The summed E-state index contributed by atoms with van der Waals surface area (Å²) in [6.45, 7) is -0.0317. The summed E-state index contributed by atoms with van der Waals surface area (Å²) in [5.74, 6) is -0.654. The van der Waals surface area contributed by atoms with E-state index in [1.165, 1.54) is 7.11 Å². The Bertz CT molecular complexity index is 1640. The van der Waals surface area contributed by atoms with Gasteiger partial charge in [-0.1, -0.05) is 12.1 Å². The number of alkyl halides is 2. The summed E-state index contributed by atoms with van der Waals surface area (Å²) in [4.78, 5) is -0.0879. The number of nitriles is 1. The van der Waals surface area contributed by atoms with Crippen LogP contribution in [0.15, 0.2) is 47.4 Å². The van der Waals surface area contributed by atoms with Crippen LogP contribution < -0.4 is 10.1 Å². The number of rotatable bonds is 9. The van der Waals surface area contributed by atoms with E-state index < -0.39 is 40.0 Å². The molecule has 0 saturated heterocycles. The third kappa shape index (κ3) is 5.59. The van der Waals surface area contributed by atoms with Crippen molar-refractivity contribution in [1.82, 2.24) is 0 Å². The Morgan fingerprint density at radius 1 is 1.05 bits per heavy atom. The van der Waals surface area contributed by atoms with E-state index in [0.717, 1.165) is 24.0 Å². The summed E-state index contributed by atoms with van der Waals surface area (Å²) in [7, 11) is -0.985. The van der Waals surface area contributed by atoms with Gasteiger partial charge in [0, 0.05) is 37.8 Å². The van der Waals surface area contributed by atoms with Gasteiger partial charge in [-0.3, -0.25) is 0 Å². The SMILES string of the molecule is COCO[C@H]1c2c(c([C@H]3CC[C@H](F)c4cc(F)cc(C#N)c43)cc(NCc3ccc(OC)cc3)c2S(C)(=O)=O)C[C@H]1F. The maximum Gasteiger partial charge on any atom is 0.177 e. The molecule has 0 saturated carbocycles. The van der Waals surface area contributed by atoms with E-state index >= 15 is 8.78 Å². The molecule has 0 spiro atoms. The van der Waals surface area contributed by atoms with Crippen LogP contribution in [0.2, 0.25) is 0 Å². The lowest BCUT2D eigenvalue weighted by Crippen LogP contribution is -2.19. The monoisotopic (exact) mass is 600 g/mol. The van der Waals surface area contributed by atoms with Gasteiger partial charge in [-0.15, -0.1) is 0 Å². The molecule has 222 valence electrons. The topological polar surface area (TPSA) is 97.7 Å². The van der Waals surface area contributed by atoms with Crippen molar-refractivity contribution in [2.45, 2.75) is 55.1 Å². The van der Waals surface area contributed by atoms with Gasteiger partial charge in [0.15, 0.2) is 9.84 Å². The van der Waals surface area contributed by atoms with Crippen LogP contribution in [0.5, 0.6) is 5.75 Å². The van der Waals surface area contributed by atoms with Gasteiger partial charge in [-0.25, -0.2) is 21.6 Å². The van der Waals surface area contributed by atoms with Crippen LogP contribution in [0.1, 0.15) is 70.0 Å². The van der Waals surface area contributed by atoms with E-state index in [-0.39, 0.29) is 59.9 Å². The summed E-state index contributed by atoms with van der Waals surface area (Å²) in [6, 6.07) is 13.0. The van der Waals surface area contributed by atoms with Crippen molar-refractivity contribution in [2.75, 3.05) is 32.6 Å². The van der Waals surface area contributed by atoms with Gasteiger partial charge < -0.3 is 19.5 Å². The number of nitrogens with one attached hydrogen (secondary N) is 1. The highest BCUT2D eigenvalue weighted by atomic mass is 32.2. The van der Waals surface area contributed by atoms with Gasteiger partial charge in [-0.2, -0.15) is 5.26 Å². The summed E-state index contributed by atoms with van der Waals surface area (Å²) >= 11 is 0. The van der Waals surface area contributed by atoms with Gasteiger partial charge in [-0.05, 0) is 71.0 Å². The van der Waals surface area contributed by atoms with Crippen molar-refractivity contribution in [1.29, 1.82) is 5.26 Å². The zero-order chi connectivity index (χ0) is 30.2. The molecule has 0 unspecified atom stereocenters. The minimum Gasteiger partial charge on any atom is -0.497 e. The molecule has 3 aromatic rings. The smallest absolute Gasteiger partial charge is 0.177 e. The Labute approximate surface area is 243 Å². The minimum atomic E-state index is -3.92. The number of fused-ring (bicyclic) bond motifs is 2. The summed E-state index contributed by atoms with van der Waals surface area (Å²) in [5.41, 5.74) is 2.64. The quantitative estimate of drug-likeness (QED) is 0.292. The molecule has 5 rings (SSSR count). The van der Waals surface area contributed by atoms with Crippen LogP contribution in [0.25, 0.3) is 0 Å². The van der Waals surface area contributed by atoms with Crippen LogP contribution in [0, 0.1) is 17.1 Å². The predicted molar refractivity (Wildman–Crippen MR) is 150 cm³/mol. The number of sulfone groups is 1. The fourth-order valence-corrected chi connectivity index (χ4v) is 7.34. The minimum absolute atomic E-state index is 0.00647. The first-order valence-electron chi connectivity index (χ1n) is 13.5. The molecule has 7 nitrogen and oxygen atoms in total. The Balaban J connectivity index is 1.73. The molecular formula is C31H31F3N2O5S. The van der Waals surface area contributed by atoms with Gasteiger partial charge in [0.05, 0.1) is 29.3 Å². The van der Waals surface area contributed by atoms with Crippen LogP contribution in [-0.2, 0) is 32.3 Å². The lowest BCUT2D eigenvalue weighted by atomic mass is 9.74. The molecule has 0 bridgehead atoms. The number of hydrogen-bond donors (Lipinski definition) is 1. The van der Waals surface area contributed by atoms with Crippen molar-refractivity contribution in [3.05, 3.63) is 87.2 Å². The Kier molecular flexibility index (Phi) is 8.51. The first kappa shape index (κ1) is 29.9. The summed E-state index contributed by atoms with van der Waals surface area (Å²) < 4.78 is 87.6. The number of benzene rings is 3. The molecule has 0 fully saturated rings. The van der Waals surface area contributed by atoms with E-state index in [1.54, 1.807) is 25.3 Å². The van der Waals surface area contributed by atoms with Gasteiger partial charge in [0.2, 0.25) is 0 Å². The highest BCUT2D eigenvalue weighted by Gasteiger charge is 2.43. The van der Waals surface area contributed by atoms with Crippen LogP contribution >= 0.6 is 0 Å². The number of nitrogens with zero attached hydrogens (tertiary/aromatic N) is 1. The largest absolute Gasteiger partial charge is 0.497 e. The van der Waals surface area contributed by atoms with Crippen LogP contribution in [0.4, 0.5) is 18.9 Å². The molecule has 1 N–H and O–H groups in total. The van der Waals surface area contributed by atoms with Gasteiger partial charge >= 0.3 is 0 Å². The molecule has 0 aromatic heterocycles. The maximum absolute atomic E-state index is 15.7. The lowest BCUT2D eigenvalue weighted by Gasteiger charge is -2.32.